The van der Waals surface area contributed by atoms with Gasteiger partial charge in [-0.15, -0.1) is 6.58 Å². The normalized spacial score (nSPS) is 4.33. The number of hydrogen-bond donors (Lipinski definition) is 0. The molecule has 0 amide bonds. The molecule has 0 fully saturated rings. The maximum absolute atomic E-state index is 3.44. The van der Waals surface area contributed by atoms with Gasteiger partial charge in [0.1, 0.15) is 0 Å². The fourth-order valence-corrected chi connectivity index (χ4v) is 0. The van der Waals surface area contributed by atoms with Crippen LogP contribution in [0.5, 0.6) is 0 Å². The number of rotatable bonds is 0. The topological polar surface area (TPSA) is 0 Å². The molecule has 0 nitrogen and oxygen atoms in total. The summed E-state index contributed by atoms with van der Waals surface area (Å²) < 4.78 is 0. The van der Waals surface area contributed by atoms with E-state index in [2.05, 4.69) is 13.5 Å². The van der Waals surface area contributed by atoms with Crippen molar-refractivity contribution in [2.75, 3.05) is 0 Å². The largest absolute Gasteiger partial charge is 1.00 e. The van der Waals surface area contributed by atoms with Gasteiger partial charge in [0.2, 0.25) is 0 Å². The molecule has 2 heteroatoms. The van der Waals surface area contributed by atoms with Crippen molar-refractivity contribution in [2.45, 2.75) is 6.92 Å². The van der Waals surface area contributed by atoms with Gasteiger partial charge in [-0.25, -0.2) is 0 Å². The molecule has 0 atom stereocenters. The number of halogens is 1. The molecule has 1 radical (unpaired) electrons. The summed E-state index contributed by atoms with van der Waals surface area (Å²) in [4.78, 5) is 0. The van der Waals surface area contributed by atoms with Gasteiger partial charge in [-0.1, -0.05) is 5.57 Å². The molecule has 0 aliphatic heterocycles. The molecular formula is C4H7BrZn-. The van der Waals surface area contributed by atoms with Gasteiger partial charge in [0.25, 0.3) is 0 Å². The summed E-state index contributed by atoms with van der Waals surface area (Å²) in [7, 11) is 0. The first-order valence-corrected chi connectivity index (χ1v) is 1.21. The monoisotopic (exact) mass is 198 g/mol. The van der Waals surface area contributed by atoms with E-state index in [1.165, 1.54) is 0 Å². The number of hydrogen-bond acceptors (Lipinski definition) is 0. The van der Waals surface area contributed by atoms with Crippen molar-refractivity contribution in [1.82, 2.24) is 0 Å². The van der Waals surface area contributed by atoms with Crippen molar-refractivity contribution in [3.05, 3.63) is 19.1 Å². The Hall–Kier alpha value is 0.843. The summed E-state index contributed by atoms with van der Waals surface area (Å²) >= 11 is 0. The minimum Gasteiger partial charge on any atom is -1.00 e. The average molecular weight is 200 g/mol. The quantitative estimate of drug-likeness (QED) is 0.413. The van der Waals surface area contributed by atoms with Crippen LogP contribution in [-0.4, -0.2) is 0 Å². The van der Waals surface area contributed by atoms with Crippen LogP contribution in [0.15, 0.2) is 12.2 Å². The van der Waals surface area contributed by atoms with E-state index in [9.17, 15) is 0 Å². The van der Waals surface area contributed by atoms with E-state index >= 15 is 0 Å². The van der Waals surface area contributed by atoms with Crippen LogP contribution in [0.2, 0.25) is 0 Å². The first-order valence-electron chi connectivity index (χ1n) is 1.21. The van der Waals surface area contributed by atoms with Crippen molar-refractivity contribution in [2.24, 2.45) is 0 Å². The Balaban J connectivity index is -0.0000000450. The van der Waals surface area contributed by atoms with Crippen LogP contribution >= 0.6 is 0 Å². The zero-order valence-corrected chi connectivity index (χ0v) is 8.55. The Bertz CT molecular complexity index is 30.5. The van der Waals surface area contributed by atoms with Crippen LogP contribution < -0.4 is 17.0 Å². The van der Waals surface area contributed by atoms with E-state index < -0.39 is 0 Å². The molecule has 0 aliphatic rings. The Morgan fingerprint density at radius 3 is 1.50 bits per heavy atom. The molecule has 0 rings (SSSR count). The summed E-state index contributed by atoms with van der Waals surface area (Å²) in [5.74, 6) is 0. The zero-order chi connectivity index (χ0) is 3.58. The molecule has 0 aromatic carbocycles. The van der Waals surface area contributed by atoms with Crippen LogP contribution in [0.4, 0.5) is 0 Å². The fourth-order valence-electron chi connectivity index (χ4n) is 0. The molecule has 0 bridgehead atoms. The van der Waals surface area contributed by atoms with Gasteiger partial charge in [0, 0.05) is 19.5 Å². The standard InChI is InChI=1S/C4H7.BrH.Zn/c1-4(2)3;;/h1-2H2,3H3;1H;/p-1. The molecule has 0 aromatic rings. The molecule has 0 saturated carbocycles. The van der Waals surface area contributed by atoms with Crippen LogP contribution in [-0.2, 0) is 19.5 Å². The summed E-state index contributed by atoms with van der Waals surface area (Å²) in [5.41, 5.74) is 0.917. The van der Waals surface area contributed by atoms with Crippen molar-refractivity contribution in [3.63, 3.8) is 0 Å². The SMILES string of the molecule is [Br-].[CH2]C(=C)C.[Zn]. The van der Waals surface area contributed by atoms with E-state index in [4.69, 9.17) is 0 Å². The van der Waals surface area contributed by atoms with E-state index in [-0.39, 0.29) is 36.5 Å². The Kier molecular flexibility index (Phi) is 24.5. The van der Waals surface area contributed by atoms with Crippen LogP contribution in [0.25, 0.3) is 0 Å². The first kappa shape index (κ1) is 15.8. The smallest absolute Gasteiger partial charge is 0 e. The summed E-state index contributed by atoms with van der Waals surface area (Å²) in [5, 5.41) is 0. The minimum absolute atomic E-state index is 0. The molecule has 6 heavy (non-hydrogen) atoms. The van der Waals surface area contributed by atoms with Crippen molar-refractivity contribution < 1.29 is 36.5 Å². The third-order valence-corrected chi connectivity index (χ3v) is 0. The second-order valence-electron chi connectivity index (χ2n) is 0.957. The zero-order valence-electron chi connectivity index (χ0n) is 4.00. The Labute approximate surface area is 62.5 Å². The van der Waals surface area contributed by atoms with Gasteiger partial charge in [-0.05, 0) is 13.8 Å². The van der Waals surface area contributed by atoms with Crippen LogP contribution in [0.3, 0.4) is 0 Å². The first-order chi connectivity index (χ1) is 1.73. The van der Waals surface area contributed by atoms with Crippen molar-refractivity contribution in [3.8, 4) is 0 Å². The van der Waals surface area contributed by atoms with Gasteiger partial charge in [-0.2, -0.15) is 0 Å². The van der Waals surface area contributed by atoms with Gasteiger partial charge >= 0.3 is 0 Å². The van der Waals surface area contributed by atoms with E-state index in [1.54, 1.807) is 0 Å². The molecule has 0 saturated heterocycles. The molecule has 0 unspecified atom stereocenters. The number of allylic oxidation sites excluding steroid dienone is 1. The van der Waals surface area contributed by atoms with E-state index in [0.29, 0.717) is 0 Å². The molecule has 0 spiro atoms. The maximum atomic E-state index is 3.44. The van der Waals surface area contributed by atoms with E-state index in [1.807, 2.05) is 6.92 Å². The predicted octanol–water partition coefficient (Wildman–Crippen LogP) is -1.60. The van der Waals surface area contributed by atoms with Crippen LogP contribution in [0, 0.1) is 6.92 Å². The summed E-state index contributed by atoms with van der Waals surface area (Å²) in [6.45, 7) is 8.75. The molecule has 0 aromatic heterocycles. The van der Waals surface area contributed by atoms with Crippen LogP contribution in [0.1, 0.15) is 6.92 Å². The maximum Gasteiger partial charge on any atom is 0 e. The minimum atomic E-state index is 0. The third-order valence-electron chi connectivity index (χ3n) is 0. The molecule has 0 heterocycles. The van der Waals surface area contributed by atoms with Crippen molar-refractivity contribution in [1.29, 1.82) is 0 Å². The Morgan fingerprint density at radius 1 is 1.50 bits per heavy atom. The second-order valence-corrected chi connectivity index (χ2v) is 0.957. The van der Waals surface area contributed by atoms with Crippen molar-refractivity contribution >= 4 is 0 Å². The fraction of sp³-hybridized carbons (Fsp3) is 0.250. The average Bonchev–Trinajstić information content (AvgIpc) is 0.811. The molecule has 0 N–H and O–H groups in total. The van der Waals surface area contributed by atoms with Gasteiger partial charge in [-0.3, -0.25) is 0 Å². The van der Waals surface area contributed by atoms with Gasteiger partial charge in [0.05, 0.1) is 0 Å². The Morgan fingerprint density at radius 2 is 1.50 bits per heavy atom. The van der Waals surface area contributed by atoms with Gasteiger partial charge < -0.3 is 17.0 Å². The molecular weight excluding hydrogens is 193 g/mol. The third kappa shape index (κ3) is 101. The second kappa shape index (κ2) is 9.28. The van der Waals surface area contributed by atoms with E-state index in [0.717, 1.165) is 5.57 Å². The van der Waals surface area contributed by atoms with Gasteiger partial charge in [0.15, 0.2) is 0 Å². The molecule has 33 valence electrons. The molecule has 0 aliphatic carbocycles. The predicted molar refractivity (Wildman–Crippen MR) is 20.2 cm³/mol. The summed E-state index contributed by atoms with van der Waals surface area (Å²) in [6, 6.07) is 0. The summed E-state index contributed by atoms with van der Waals surface area (Å²) in [6.07, 6.45) is 0.